The summed E-state index contributed by atoms with van der Waals surface area (Å²) in [5, 5.41) is 5.54. The van der Waals surface area contributed by atoms with Crippen molar-refractivity contribution in [2.45, 2.75) is 26.2 Å². The van der Waals surface area contributed by atoms with Crippen LogP contribution in [-0.4, -0.2) is 60.5 Å². The Morgan fingerprint density at radius 1 is 0.962 bits per heavy atom. The van der Waals surface area contributed by atoms with Gasteiger partial charge in [-0.2, -0.15) is 0 Å². The Bertz CT molecular complexity index is 2190. The second-order valence-corrected chi connectivity index (χ2v) is 13.9. The summed E-state index contributed by atoms with van der Waals surface area (Å²) in [5.41, 5.74) is 4.22. The van der Waals surface area contributed by atoms with Crippen LogP contribution in [0.3, 0.4) is 0 Å². The van der Waals surface area contributed by atoms with E-state index in [1.54, 1.807) is 59.9 Å². The maximum absolute atomic E-state index is 14.3. The Labute approximate surface area is 303 Å². The molecule has 3 amide bonds. The summed E-state index contributed by atoms with van der Waals surface area (Å²) in [5.74, 6) is -0.804. The molecule has 6 heterocycles. The highest BCUT2D eigenvalue weighted by atomic mass is 35.5. The minimum Gasteiger partial charge on any atom is -0.451 e. The summed E-state index contributed by atoms with van der Waals surface area (Å²) in [6, 6.07) is 16.0. The van der Waals surface area contributed by atoms with Crippen LogP contribution in [-0.2, 0) is 11.2 Å². The zero-order chi connectivity index (χ0) is 36.0. The lowest BCUT2D eigenvalue weighted by atomic mass is 9.73. The van der Waals surface area contributed by atoms with Gasteiger partial charge in [0.1, 0.15) is 17.4 Å². The number of amides is 3. The normalized spacial score (nSPS) is 16.0. The number of furan rings is 1. The van der Waals surface area contributed by atoms with Crippen LogP contribution in [0.4, 0.5) is 27.3 Å². The number of halogens is 2. The molecule has 8 rings (SSSR count). The standard InChI is InChI=1S/C39H34ClFN6O5/c1-23-17-28(35(43-19-23)46-21-39(22-46)11-15-51-16-12-39)36(48)44-26-7-5-24(6-8-26)38(50)47-14-10-25-18-32(52-34(25)27-9-13-42-20-31(27)47)37(49)45-33-29(40)3-2-4-30(33)41/h2-9,13,17-20H,10-12,14-16,21-22H2,1H3,(H,44,48)(H,45,49). The van der Waals surface area contributed by atoms with Crippen LogP contribution in [0.1, 0.15) is 55.2 Å². The van der Waals surface area contributed by atoms with Crippen molar-refractivity contribution in [1.82, 2.24) is 9.97 Å². The van der Waals surface area contributed by atoms with Crippen molar-refractivity contribution in [1.29, 1.82) is 0 Å². The Morgan fingerprint density at radius 3 is 2.52 bits per heavy atom. The van der Waals surface area contributed by atoms with Crippen molar-refractivity contribution >= 4 is 52.2 Å². The lowest BCUT2D eigenvalue weighted by Gasteiger charge is -2.53. The van der Waals surface area contributed by atoms with E-state index in [2.05, 4.69) is 25.5 Å². The SMILES string of the molecule is Cc1cnc(N2CC3(CCOCC3)C2)c(C(=O)Nc2ccc(C(=O)N3CCc4cc(C(=O)Nc5c(F)cccc5Cl)oc4-c4ccncc43)cc2)c1. The van der Waals surface area contributed by atoms with E-state index in [1.165, 1.54) is 18.2 Å². The average molecular weight is 721 g/mol. The van der Waals surface area contributed by atoms with Crippen LogP contribution in [0.5, 0.6) is 0 Å². The number of fused-ring (bicyclic) bond motifs is 3. The first kappa shape index (κ1) is 33.5. The predicted molar refractivity (Wildman–Crippen MR) is 195 cm³/mol. The Hall–Kier alpha value is -5.59. The number of ether oxygens (including phenoxy) is 1. The van der Waals surface area contributed by atoms with E-state index in [0.717, 1.165) is 44.7 Å². The molecule has 0 bridgehead atoms. The lowest BCUT2D eigenvalue weighted by Crippen LogP contribution is -2.59. The summed E-state index contributed by atoms with van der Waals surface area (Å²) in [7, 11) is 0. The number of anilines is 4. The predicted octanol–water partition coefficient (Wildman–Crippen LogP) is 7.16. The van der Waals surface area contributed by atoms with E-state index in [1.807, 2.05) is 13.0 Å². The number of hydrogen-bond donors (Lipinski definition) is 2. The van der Waals surface area contributed by atoms with Crippen molar-refractivity contribution in [2.24, 2.45) is 5.41 Å². The summed E-state index contributed by atoms with van der Waals surface area (Å²) in [6.45, 7) is 5.42. The topological polar surface area (TPSA) is 130 Å². The molecule has 1 spiro atoms. The fraction of sp³-hybridized carbons (Fsp3) is 0.256. The number of para-hydroxylation sites is 1. The van der Waals surface area contributed by atoms with Crippen LogP contribution in [0.2, 0.25) is 5.02 Å². The third-order valence-corrected chi connectivity index (χ3v) is 10.3. The monoisotopic (exact) mass is 720 g/mol. The minimum absolute atomic E-state index is 0.0221. The highest BCUT2D eigenvalue weighted by Gasteiger charge is 2.45. The molecule has 2 N–H and O–H groups in total. The molecule has 2 aromatic carbocycles. The van der Waals surface area contributed by atoms with Crippen molar-refractivity contribution in [3.05, 3.63) is 118 Å². The molecule has 0 aliphatic carbocycles. The number of aromatic nitrogens is 2. The minimum atomic E-state index is -0.668. The van der Waals surface area contributed by atoms with Crippen molar-refractivity contribution in [2.75, 3.05) is 53.3 Å². The molecular formula is C39H34ClFN6O5. The van der Waals surface area contributed by atoms with Gasteiger partial charge in [-0.05, 0) is 86.3 Å². The second-order valence-electron chi connectivity index (χ2n) is 13.5. The Balaban J connectivity index is 0.976. The summed E-state index contributed by atoms with van der Waals surface area (Å²) < 4.78 is 25.9. The zero-order valence-electron chi connectivity index (χ0n) is 28.2. The van der Waals surface area contributed by atoms with Gasteiger partial charge in [0.2, 0.25) is 0 Å². The number of hydrogen-bond acceptors (Lipinski definition) is 8. The fourth-order valence-electron chi connectivity index (χ4n) is 7.17. The van der Waals surface area contributed by atoms with Crippen molar-refractivity contribution < 1.29 is 27.9 Å². The highest BCUT2D eigenvalue weighted by Crippen LogP contribution is 2.43. The molecule has 3 aromatic heterocycles. The first-order chi connectivity index (χ1) is 25.2. The van der Waals surface area contributed by atoms with Crippen LogP contribution >= 0.6 is 11.6 Å². The molecule has 13 heteroatoms. The van der Waals surface area contributed by atoms with Gasteiger partial charge in [-0.3, -0.25) is 19.4 Å². The van der Waals surface area contributed by atoms with Crippen LogP contribution < -0.4 is 20.4 Å². The number of nitrogens with one attached hydrogen (secondary N) is 2. The van der Waals surface area contributed by atoms with Gasteiger partial charge < -0.3 is 29.6 Å². The Morgan fingerprint density at radius 2 is 1.75 bits per heavy atom. The fourth-order valence-corrected chi connectivity index (χ4v) is 7.38. The largest absolute Gasteiger partial charge is 0.451 e. The molecule has 5 aromatic rings. The molecule has 2 saturated heterocycles. The second kappa shape index (κ2) is 13.5. The van der Waals surface area contributed by atoms with E-state index < -0.39 is 11.7 Å². The van der Waals surface area contributed by atoms with Gasteiger partial charge >= 0.3 is 0 Å². The van der Waals surface area contributed by atoms with Gasteiger partial charge in [-0.15, -0.1) is 0 Å². The molecule has 52 heavy (non-hydrogen) atoms. The van der Waals surface area contributed by atoms with Gasteiger partial charge in [0, 0.05) is 73.0 Å². The molecule has 264 valence electrons. The third-order valence-electron chi connectivity index (χ3n) is 9.96. The Kier molecular flexibility index (Phi) is 8.72. The van der Waals surface area contributed by atoms with Gasteiger partial charge in [-0.1, -0.05) is 17.7 Å². The number of carbonyl (C=O) groups excluding carboxylic acids is 3. The maximum atomic E-state index is 14.3. The smallest absolute Gasteiger partial charge is 0.291 e. The van der Waals surface area contributed by atoms with E-state index in [0.29, 0.717) is 51.6 Å². The summed E-state index contributed by atoms with van der Waals surface area (Å²) in [6.07, 6.45) is 7.34. The molecule has 3 aliphatic heterocycles. The number of aryl methyl sites for hydroxylation is 1. The zero-order valence-corrected chi connectivity index (χ0v) is 29.0. The molecule has 11 nitrogen and oxygen atoms in total. The van der Waals surface area contributed by atoms with Gasteiger partial charge in [0.05, 0.1) is 28.2 Å². The molecule has 0 atom stereocenters. The molecule has 3 aliphatic rings. The van der Waals surface area contributed by atoms with E-state index >= 15 is 0 Å². The number of benzene rings is 2. The van der Waals surface area contributed by atoms with Crippen LogP contribution in [0.25, 0.3) is 11.3 Å². The van der Waals surface area contributed by atoms with E-state index in [4.69, 9.17) is 20.8 Å². The van der Waals surface area contributed by atoms with E-state index in [-0.39, 0.29) is 40.2 Å². The third kappa shape index (κ3) is 6.28. The number of rotatable bonds is 6. The van der Waals surface area contributed by atoms with E-state index in [9.17, 15) is 18.8 Å². The average Bonchev–Trinajstić information content (AvgIpc) is 3.51. The molecular weight excluding hydrogens is 687 g/mol. The molecule has 2 fully saturated rings. The van der Waals surface area contributed by atoms with Gasteiger partial charge in [0.15, 0.2) is 5.76 Å². The molecule has 0 unspecified atom stereocenters. The maximum Gasteiger partial charge on any atom is 0.291 e. The van der Waals surface area contributed by atoms with Crippen LogP contribution in [0.15, 0.2) is 83.7 Å². The molecule has 0 saturated carbocycles. The number of nitrogens with zero attached hydrogens (tertiary/aromatic N) is 4. The molecule has 0 radical (unpaired) electrons. The van der Waals surface area contributed by atoms with Crippen LogP contribution in [0, 0.1) is 18.2 Å². The number of carbonyl (C=O) groups is 3. The summed E-state index contributed by atoms with van der Waals surface area (Å²) >= 11 is 6.10. The van der Waals surface area contributed by atoms with Gasteiger partial charge in [0.25, 0.3) is 17.7 Å². The quantitative estimate of drug-likeness (QED) is 0.189. The summed E-state index contributed by atoms with van der Waals surface area (Å²) in [4.78, 5) is 53.3. The first-order valence-corrected chi connectivity index (χ1v) is 17.4. The first-order valence-electron chi connectivity index (χ1n) is 17.0. The van der Waals surface area contributed by atoms with Crippen molar-refractivity contribution in [3.8, 4) is 11.3 Å². The van der Waals surface area contributed by atoms with Gasteiger partial charge in [-0.25, -0.2) is 9.37 Å². The lowest BCUT2D eigenvalue weighted by molar-refractivity contribution is -0.000511. The van der Waals surface area contributed by atoms with Crippen molar-refractivity contribution in [3.63, 3.8) is 0 Å². The highest BCUT2D eigenvalue weighted by molar-refractivity contribution is 6.34. The number of pyridine rings is 2.